The Balaban J connectivity index is 1.70. The first-order valence-corrected chi connectivity index (χ1v) is 13.3. The van der Waals surface area contributed by atoms with E-state index >= 15 is 0 Å². The lowest BCUT2D eigenvalue weighted by Gasteiger charge is -2.27. The van der Waals surface area contributed by atoms with Gasteiger partial charge in [-0.05, 0) is 35.4 Å². The molecule has 0 unspecified atom stereocenters. The molecule has 2 aromatic carbocycles. The fraction of sp³-hybridized carbons (Fsp3) is 0.348. The maximum Gasteiger partial charge on any atom is 0.196 e. The summed E-state index contributed by atoms with van der Waals surface area (Å²) in [6, 6.07) is 11.3. The SMILES string of the molecule is CC(C)(c1ccc(OCCc2ocnc2S(C)(=O)=O)cc1)c1cc(Cl)c(OCCCl)c(Cl)c1. The Hall–Kier alpha value is -1.93. The molecule has 1 heterocycles. The fourth-order valence-electron chi connectivity index (χ4n) is 3.32. The van der Waals surface area contributed by atoms with Gasteiger partial charge < -0.3 is 13.9 Å². The Morgan fingerprint density at radius 2 is 1.64 bits per heavy atom. The van der Waals surface area contributed by atoms with Crippen LogP contribution in [0.3, 0.4) is 0 Å². The number of ether oxygens (including phenoxy) is 2. The number of halogens is 3. The zero-order valence-corrected chi connectivity index (χ0v) is 21.5. The fourth-order valence-corrected chi connectivity index (χ4v) is 4.80. The third-order valence-corrected chi connectivity index (χ3v) is 6.92. The quantitative estimate of drug-likeness (QED) is 0.300. The van der Waals surface area contributed by atoms with Gasteiger partial charge in [0.1, 0.15) is 18.1 Å². The van der Waals surface area contributed by atoms with Gasteiger partial charge in [-0.2, -0.15) is 0 Å². The van der Waals surface area contributed by atoms with Gasteiger partial charge in [0.05, 0.1) is 22.5 Å². The Kier molecular flexibility index (Phi) is 8.22. The molecule has 0 N–H and O–H groups in total. The van der Waals surface area contributed by atoms with Gasteiger partial charge in [-0.15, -0.1) is 11.6 Å². The summed E-state index contributed by atoms with van der Waals surface area (Å²) < 4.78 is 39.9. The summed E-state index contributed by atoms with van der Waals surface area (Å²) in [5.41, 5.74) is 1.58. The zero-order chi connectivity index (χ0) is 24.2. The molecule has 0 spiro atoms. The van der Waals surface area contributed by atoms with Gasteiger partial charge in [0, 0.05) is 18.1 Å². The van der Waals surface area contributed by atoms with Crippen molar-refractivity contribution in [2.75, 3.05) is 25.3 Å². The van der Waals surface area contributed by atoms with E-state index < -0.39 is 9.84 Å². The number of hydrogen-bond acceptors (Lipinski definition) is 6. The van der Waals surface area contributed by atoms with Crippen molar-refractivity contribution in [1.29, 1.82) is 0 Å². The third-order valence-electron chi connectivity index (χ3n) is 5.17. The lowest BCUT2D eigenvalue weighted by Crippen LogP contribution is -2.19. The smallest absolute Gasteiger partial charge is 0.196 e. The van der Waals surface area contributed by atoms with Gasteiger partial charge in [-0.3, -0.25) is 0 Å². The lowest BCUT2D eigenvalue weighted by molar-refractivity contribution is 0.307. The van der Waals surface area contributed by atoms with Crippen LogP contribution in [0.5, 0.6) is 11.5 Å². The van der Waals surface area contributed by atoms with Crippen LogP contribution < -0.4 is 9.47 Å². The van der Waals surface area contributed by atoms with Crippen molar-refractivity contribution >= 4 is 44.6 Å². The minimum absolute atomic E-state index is 0.0559. The summed E-state index contributed by atoms with van der Waals surface area (Å²) in [5, 5.41) is 0.799. The highest BCUT2D eigenvalue weighted by atomic mass is 35.5. The molecule has 3 aromatic rings. The third kappa shape index (κ3) is 6.15. The van der Waals surface area contributed by atoms with Crippen LogP contribution in [0.15, 0.2) is 52.2 Å². The van der Waals surface area contributed by atoms with E-state index in [9.17, 15) is 8.42 Å². The van der Waals surface area contributed by atoms with Crippen LogP contribution in [-0.4, -0.2) is 38.8 Å². The molecule has 0 radical (unpaired) electrons. The molecule has 6 nitrogen and oxygen atoms in total. The summed E-state index contributed by atoms with van der Waals surface area (Å²) in [4.78, 5) is 3.77. The summed E-state index contributed by atoms with van der Waals surface area (Å²) in [6.45, 7) is 4.70. The van der Waals surface area contributed by atoms with Crippen molar-refractivity contribution in [3.05, 3.63) is 69.7 Å². The summed E-state index contributed by atoms with van der Waals surface area (Å²) in [7, 11) is -3.44. The molecule has 0 saturated carbocycles. The van der Waals surface area contributed by atoms with E-state index in [1.807, 2.05) is 36.4 Å². The number of nitrogens with zero attached hydrogens (tertiary/aromatic N) is 1. The van der Waals surface area contributed by atoms with Crippen molar-refractivity contribution in [1.82, 2.24) is 4.98 Å². The Morgan fingerprint density at radius 1 is 1.00 bits per heavy atom. The van der Waals surface area contributed by atoms with Crippen LogP contribution in [0.1, 0.15) is 30.7 Å². The second-order valence-corrected chi connectivity index (χ2v) is 11.0. The van der Waals surface area contributed by atoms with Crippen LogP contribution in [0, 0.1) is 0 Å². The molecule has 0 atom stereocenters. The largest absolute Gasteiger partial charge is 0.493 e. The van der Waals surface area contributed by atoms with Crippen LogP contribution in [0.4, 0.5) is 0 Å². The van der Waals surface area contributed by atoms with E-state index in [1.165, 1.54) is 0 Å². The van der Waals surface area contributed by atoms with Gasteiger partial charge >= 0.3 is 0 Å². The predicted octanol–water partition coefficient (Wildman–Crippen LogP) is 5.95. The molecular formula is C23H24Cl3NO5S. The van der Waals surface area contributed by atoms with E-state index in [0.717, 1.165) is 23.8 Å². The maximum absolute atomic E-state index is 11.7. The highest BCUT2D eigenvalue weighted by Crippen LogP contribution is 2.40. The van der Waals surface area contributed by atoms with Crippen molar-refractivity contribution in [3.8, 4) is 11.5 Å². The van der Waals surface area contributed by atoms with Gasteiger partial charge in [-0.1, -0.05) is 49.2 Å². The maximum atomic E-state index is 11.7. The Bertz CT molecular complexity index is 1180. The molecule has 0 fully saturated rings. The molecule has 0 aliphatic heterocycles. The average Bonchev–Trinajstić information content (AvgIpc) is 3.23. The molecule has 33 heavy (non-hydrogen) atoms. The van der Waals surface area contributed by atoms with Crippen molar-refractivity contribution in [2.45, 2.75) is 30.7 Å². The number of aromatic nitrogens is 1. The first-order chi connectivity index (χ1) is 15.5. The monoisotopic (exact) mass is 531 g/mol. The van der Waals surface area contributed by atoms with E-state index in [1.54, 1.807) is 0 Å². The molecule has 1 aromatic heterocycles. The molecule has 3 rings (SSSR count). The van der Waals surface area contributed by atoms with Crippen LogP contribution in [-0.2, 0) is 21.7 Å². The van der Waals surface area contributed by atoms with Crippen LogP contribution >= 0.6 is 34.8 Å². The number of benzene rings is 2. The van der Waals surface area contributed by atoms with Crippen LogP contribution in [0.2, 0.25) is 10.0 Å². The lowest BCUT2D eigenvalue weighted by atomic mass is 9.78. The van der Waals surface area contributed by atoms with E-state index in [0.29, 0.717) is 34.0 Å². The normalized spacial score (nSPS) is 12.1. The molecule has 0 aliphatic rings. The van der Waals surface area contributed by atoms with Gasteiger partial charge in [0.25, 0.3) is 0 Å². The van der Waals surface area contributed by atoms with Crippen molar-refractivity contribution < 1.29 is 22.3 Å². The zero-order valence-electron chi connectivity index (χ0n) is 18.4. The van der Waals surface area contributed by atoms with Gasteiger partial charge in [0.15, 0.2) is 27.0 Å². The second-order valence-electron chi connectivity index (χ2n) is 7.91. The minimum atomic E-state index is -3.44. The van der Waals surface area contributed by atoms with Gasteiger partial charge in [-0.25, -0.2) is 13.4 Å². The average molecular weight is 533 g/mol. The highest BCUT2D eigenvalue weighted by molar-refractivity contribution is 7.90. The number of hydrogen-bond donors (Lipinski definition) is 0. The molecular weight excluding hydrogens is 509 g/mol. The van der Waals surface area contributed by atoms with E-state index in [-0.39, 0.29) is 29.2 Å². The molecule has 0 amide bonds. The number of rotatable bonds is 10. The highest BCUT2D eigenvalue weighted by Gasteiger charge is 2.26. The van der Waals surface area contributed by atoms with Crippen molar-refractivity contribution in [3.63, 3.8) is 0 Å². The van der Waals surface area contributed by atoms with Crippen LogP contribution in [0.25, 0.3) is 0 Å². The van der Waals surface area contributed by atoms with E-state index in [2.05, 4.69) is 18.8 Å². The molecule has 0 saturated heterocycles. The Labute approximate surface area is 208 Å². The summed E-state index contributed by atoms with van der Waals surface area (Å²) in [6.07, 6.45) is 2.50. The second kappa shape index (κ2) is 10.6. The topological polar surface area (TPSA) is 78.6 Å². The molecule has 178 valence electrons. The molecule has 0 bridgehead atoms. The number of oxazole rings is 1. The molecule has 10 heteroatoms. The van der Waals surface area contributed by atoms with E-state index in [4.69, 9.17) is 48.7 Å². The molecule has 0 aliphatic carbocycles. The van der Waals surface area contributed by atoms with Crippen molar-refractivity contribution in [2.24, 2.45) is 0 Å². The predicted molar refractivity (Wildman–Crippen MR) is 130 cm³/mol. The number of sulfone groups is 1. The van der Waals surface area contributed by atoms with Gasteiger partial charge in [0.2, 0.25) is 0 Å². The summed E-state index contributed by atoms with van der Waals surface area (Å²) >= 11 is 18.5. The Morgan fingerprint density at radius 3 is 2.21 bits per heavy atom. The minimum Gasteiger partial charge on any atom is -0.493 e. The summed E-state index contributed by atoms with van der Waals surface area (Å²) in [5.74, 6) is 1.69. The first kappa shape index (κ1) is 25.7. The number of alkyl halides is 1. The standard InChI is InChI=1S/C23H24Cl3NO5S/c1-23(2,16-12-18(25)21(19(26)13-16)31-11-9-24)15-4-6-17(7-5-15)30-10-8-20-22(27-14-32-20)33(3,28)29/h4-7,12-14H,8-11H2,1-3H3. The first-order valence-electron chi connectivity index (χ1n) is 10.1.